The molecule has 3 aromatic carbocycles. The molecule has 5 heteroatoms. The van der Waals surface area contributed by atoms with E-state index >= 15 is 0 Å². The zero-order valence-electron chi connectivity index (χ0n) is 15.5. The van der Waals surface area contributed by atoms with Crippen molar-refractivity contribution < 1.29 is 9.84 Å². The van der Waals surface area contributed by atoms with Crippen LogP contribution in [0.1, 0.15) is 35.3 Å². The molecule has 0 radical (unpaired) electrons. The topological polar surface area (TPSA) is 53.8 Å². The lowest BCUT2D eigenvalue weighted by atomic mass is 9.93. The first kappa shape index (κ1) is 18.5. The molecular weight excluding hydrogens is 372 g/mol. The zero-order valence-corrected chi connectivity index (χ0v) is 16.2. The highest BCUT2D eigenvalue weighted by molar-refractivity contribution is 6.30. The number of para-hydroxylation sites is 1. The van der Waals surface area contributed by atoms with E-state index in [0.717, 1.165) is 28.2 Å². The van der Waals surface area contributed by atoms with Gasteiger partial charge in [-0.3, -0.25) is 10.3 Å². The summed E-state index contributed by atoms with van der Waals surface area (Å²) in [4.78, 5) is 4.95. The van der Waals surface area contributed by atoms with Crippen molar-refractivity contribution in [1.29, 1.82) is 0 Å². The molecule has 4 rings (SSSR count). The van der Waals surface area contributed by atoms with Gasteiger partial charge in [0.1, 0.15) is 17.7 Å². The molecule has 2 atom stereocenters. The minimum absolute atomic E-state index is 0.0588. The van der Waals surface area contributed by atoms with Crippen LogP contribution in [0.4, 0.5) is 0 Å². The predicted octanol–water partition coefficient (Wildman–Crippen LogP) is 5.28. The van der Waals surface area contributed by atoms with E-state index in [4.69, 9.17) is 21.3 Å². The number of halogens is 1. The third-order valence-corrected chi connectivity index (χ3v) is 5.21. The molecule has 28 heavy (non-hydrogen) atoms. The summed E-state index contributed by atoms with van der Waals surface area (Å²) in [5, 5.41) is 14.6. The summed E-state index contributed by atoms with van der Waals surface area (Å²) in [7, 11) is 1.65. The van der Waals surface area contributed by atoms with Crippen LogP contribution in [0.5, 0.6) is 11.5 Å². The number of phenols is 1. The number of aliphatic imine (C=N–C) groups is 1. The van der Waals surface area contributed by atoms with Gasteiger partial charge in [-0.05, 0) is 53.6 Å². The van der Waals surface area contributed by atoms with E-state index in [2.05, 4.69) is 5.32 Å². The Labute approximate surface area is 169 Å². The highest BCUT2D eigenvalue weighted by Gasteiger charge is 2.27. The van der Waals surface area contributed by atoms with E-state index in [0.29, 0.717) is 11.4 Å². The lowest BCUT2D eigenvalue weighted by Gasteiger charge is -2.31. The van der Waals surface area contributed by atoms with Crippen LogP contribution in [0.3, 0.4) is 0 Å². The van der Waals surface area contributed by atoms with E-state index in [1.54, 1.807) is 13.2 Å². The number of benzene rings is 3. The van der Waals surface area contributed by atoms with Crippen LogP contribution in [-0.4, -0.2) is 17.9 Å². The number of aromatic hydroxyl groups is 1. The Hall–Kier alpha value is -2.82. The molecule has 0 saturated heterocycles. The molecule has 0 spiro atoms. The highest BCUT2D eigenvalue weighted by atomic mass is 35.5. The number of ether oxygens (including phenoxy) is 1. The number of rotatable bonds is 4. The van der Waals surface area contributed by atoms with Crippen LogP contribution in [0.25, 0.3) is 0 Å². The third-order valence-electron chi connectivity index (χ3n) is 4.96. The average Bonchev–Trinajstić information content (AvgIpc) is 2.74. The molecule has 0 bridgehead atoms. The molecule has 142 valence electrons. The fourth-order valence-electron chi connectivity index (χ4n) is 3.46. The Morgan fingerprint density at radius 2 is 1.71 bits per heavy atom. The van der Waals surface area contributed by atoms with Crippen molar-refractivity contribution in [2.45, 2.75) is 18.6 Å². The molecule has 3 aromatic rings. The van der Waals surface area contributed by atoms with Gasteiger partial charge in [0.2, 0.25) is 0 Å². The van der Waals surface area contributed by atoms with Gasteiger partial charge in [0.25, 0.3) is 0 Å². The second-order valence-electron chi connectivity index (χ2n) is 6.74. The molecule has 0 saturated carbocycles. The molecule has 1 aliphatic heterocycles. The second-order valence-corrected chi connectivity index (χ2v) is 7.18. The monoisotopic (exact) mass is 392 g/mol. The molecule has 2 N–H and O–H groups in total. The lowest BCUT2D eigenvalue weighted by molar-refractivity contribution is 0.412. The first-order valence-electron chi connectivity index (χ1n) is 9.14. The number of phenolic OH excluding ortho intramolecular Hbond substituents is 1. The largest absolute Gasteiger partial charge is 0.508 e. The smallest absolute Gasteiger partial charge is 0.126 e. The molecule has 0 aromatic heterocycles. The van der Waals surface area contributed by atoms with Gasteiger partial charge in [0.05, 0.1) is 7.11 Å². The van der Waals surface area contributed by atoms with E-state index in [1.165, 1.54) is 0 Å². The number of hydrogen-bond acceptors (Lipinski definition) is 4. The van der Waals surface area contributed by atoms with Gasteiger partial charge < -0.3 is 9.84 Å². The maximum atomic E-state index is 10.4. The van der Waals surface area contributed by atoms with Crippen LogP contribution in [0, 0.1) is 0 Å². The van der Waals surface area contributed by atoms with Gasteiger partial charge in [-0.1, -0.05) is 41.9 Å². The molecule has 1 aliphatic rings. The van der Waals surface area contributed by atoms with Crippen molar-refractivity contribution in [3.05, 3.63) is 94.5 Å². The number of nitrogens with zero attached hydrogens (tertiary/aromatic N) is 1. The Morgan fingerprint density at radius 3 is 2.39 bits per heavy atom. The van der Waals surface area contributed by atoms with E-state index in [-0.39, 0.29) is 18.0 Å². The Balaban J connectivity index is 1.73. The van der Waals surface area contributed by atoms with Gasteiger partial charge in [0.15, 0.2) is 0 Å². The minimum atomic E-state index is -0.229. The fraction of sp³-hybridized carbons (Fsp3) is 0.174. The third kappa shape index (κ3) is 3.88. The summed E-state index contributed by atoms with van der Waals surface area (Å²) < 4.78 is 5.27. The maximum Gasteiger partial charge on any atom is 0.126 e. The zero-order chi connectivity index (χ0) is 19.5. The van der Waals surface area contributed by atoms with Crippen LogP contribution < -0.4 is 10.1 Å². The van der Waals surface area contributed by atoms with Crippen LogP contribution >= 0.6 is 11.6 Å². The summed E-state index contributed by atoms with van der Waals surface area (Å²) >= 11 is 6.05. The summed E-state index contributed by atoms with van der Waals surface area (Å²) in [5.74, 6) is 1.09. The van der Waals surface area contributed by atoms with Gasteiger partial charge >= 0.3 is 0 Å². The van der Waals surface area contributed by atoms with Crippen LogP contribution in [-0.2, 0) is 0 Å². The summed E-state index contributed by atoms with van der Waals surface area (Å²) in [6.07, 6.45) is 0.446. The van der Waals surface area contributed by atoms with Crippen molar-refractivity contribution in [3.63, 3.8) is 0 Å². The van der Waals surface area contributed by atoms with Gasteiger partial charge in [-0.15, -0.1) is 0 Å². The minimum Gasteiger partial charge on any atom is -0.508 e. The molecule has 0 amide bonds. The Morgan fingerprint density at radius 1 is 1.00 bits per heavy atom. The van der Waals surface area contributed by atoms with Gasteiger partial charge in [0, 0.05) is 28.8 Å². The van der Waals surface area contributed by atoms with Crippen molar-refractivity contribution in [2.75, 3.05) is 7.11 Å². The number of hydrogen-bond donors (Lipinski definition) is 2. The van der Waals surface area contributed by atoms with Gasteiger partial charge in [-0.2, -0.15) is 0 Å². The Bertz CT molecular complexity index is 984. The second kappa shape index (κ2) is 8.05. The lowest BCUT2D eigenvalue weighted by Crippen LogP contribution is -2.33. The highest BCUT2D eigenvalue weighted by Crippen LogP contribution is 2.34. The average molecular weight is 393 g/mol. The summed E-state index contributed by atoms with van der Waals surface area (Å²) in [6.45, 7) is 0. The van der Waals surface area contributed by atoms with Crippen LogP contribution in [0.2, 0.25) is 5.02 Å². The molecule has 0 fully saturated rings. The van der Waals surface area contributed by atoms with E-state index in [9.17, 15) is 5.11 Å². The standard InChI is InChI=1S/C23H21ClN2O2/c1-28-18-12-8-15(9-13-18)20-14-21(19-4-2-3-5-22(19)27)26-23(25-20)16-6-10-17(24)11-7-16/h2-13,21,23,26-27H,14H2,1H3. The molecule has 0 aliphatic carbocycles. The quantitative estimate of drug-likeness (QED) is 0.635. The first-order chi connectivity index (χ1) is 13.6. The maximum absolute atomic E-state index is 10.4. The van der Waals surface area contributed by atoms with Gasteiger partial charge in [-0.25, -0.2) is 0 Å². The SMILES string of the molecule is COc1ccc(C2=NC(c3ccc(Cl)cc3)NC(c3ccccc3O)C2)cc1. The van der Waals surface area contributed by atoms with Crippen molar-refractivity contribution in [1.82, 2.24) is 5.32 Å². The first-order valence-corrected chi connectivity index (χ1v) is 9.52. The van der Waals surface area contributed by atoms with Crippen molar-refractivity contribution in [3.8, 4) is 11.5 Å². The fourth-order valence-corrected chi connectivity index (χ4v) is 3.59. The Kier molecular flexibility index (Phi) is 5.33. The predicted molar refractivity (Wildman–Crippen MR) is 112 cm³/mol. The molecule has 4 nitrogen and oxygen atoms in total. The van der Waals surface area contributed by atoms with E-state index < -0.39 is 0 Å². The normalized spacial score (nSPS) is 19.1. The molecule has 2 unspecified atom stereocenters. The van der Waals surface area contributed by atoms with Crippen molar-refractivity contribution in [2.24, 2.45) is 4.99 Å². The number of nitrogens with one attached hydrogen (secondary N) is 1. The molecular formula is C23H21ClN2O2. The van der Waals surface area contributed by atoms with Crippen molar-refractivity contribution >= 4 is 17.3 Å². The van der Waals surface area contributed by atoms with E-state index in [1.807, 2.05) is 66.7 Å². The summed E-state index contributed by atoms with van der Waals surface area (Å²) in [6, 6.07) is 23.0. The molecule has 1 heterocycles. The van der Waals surface area contributed by atoms with Crippen LogP contribution in [0.15, 0.2) is 77.8 Å². The number of methoxy groups -OCH3 is 1. The summed E-state index contributed by atoms with van der Waals surface area (Å²) in [5.41, 5.74) is 3.91.